The van der Waals surface area contributed by atoms with Crippen molar-refractivity contribution in [2.24, 2.45) is 5.92 Å². The first-order valence-electron chi connectivity index (χ1n) is 6.45. The molecule has 0 saturated carbocycles. The van der Waals surface area contributed by atoms with Crippen molar-refractivity contribution in [2.75, 3.05) is 26.9 Å². The van der Waals surface area contributed by atoms with Gasteiger partial charge < -0.3 is 14.8 Å². The summed E-state index contributed by atoms with van der Waals surface area (Å²) >= 11 is 0. The van der Waals surface area contributed by atoms with Crippen LogP contribution in [0.1, 0.15) is 25.2 Å². The van der Waals surface area contributed by atoms with Gasteiger partial charge in [0.05, 0.1) is 12.3 Å². The van der Waals surface area contributed by atoms with Crippen LogP contribution in [0.4, 0.5) is 0 Å². The first-order valence-corrected chi connectivity index (χ1v) is 6.45. The summed E-state index contributed by atoms with van der Waals surface area (Å²) in [7, 11) is 1.90. The minimum atomic E-state index is 0.561. The molecule has 0 radical (unpaired) electrons. The number of aromatic nitrogens is 1. The van der Waals surface area contributed by atoms with Gasteiger partial charge in [-0.3, -0.25) is 4.98 Å². The molecular weight excluding hydrogens is 228 g/mol. The van der Waals surface area contributed by atoms with Gasteiger partial charge in [0, 0.05) is 18.8 Å². The van der Waals surface area contributed by atoms with Gasteiger partial charge in [0.25, 0.3) is 0 Å². The minimum absolute atomic E-state index is 0.561. The molecule has 0 atom stereocenters. The highest BCUT2D eigenvalue weighted by Gasteiger charge is 2.05. The lowest BCUT2D eigenvalue weighted by Gasteiger charge is -2.12. The molecular formula is C14H24N2O2. The molecule has 1 rings (SSSR count). The first-order chi connectivity index (χ1) is 8.63. The fourth-order valence-electron chi connectivity index (χ4n) is 1.55. The van der Waals surface area contributed by atoms with Crippen LogP contribution < -0.4 is 10.1 Å². The van der Waals surface area contributed by atoms with Crippen molar-refractivity contribution < 1.29 is 9.47 Å². The average Bonchev–Trinajstić information content (AvgIpc) is 2.31. The molecule has 18 heavy (non-hydrogen) atoms. The van der Waals surface area contributed by atoms with Crippen molar-refractivity contribution in [3.63, 3.8) is 0 Å². The van der Waals surface area contributed by atoms with Crippen LogP contribution in [0.15, 0.2) is 12.1 Å². The van der Waals surface area contributed by atoms with E-state index in [0.29, 0.717) is 25.7 Å². The van der Waals surface area contributed by atoms with Crippen molar-refractivity contribution in [1.82, 2.24) is 10.3 Å². The zero-order valence-corrected chi connectivity index (χ0v) is 11.8. The van der Waals surface area contributed by atoms with Gasteiger partial charge in [0.15, 0.2) is 0 Å². The van der Waals surface area contributed by atoms with E-state index in [4.69, 9.17) is 9.47 Å². The molecule has 1 N–H and O–H groups in total. The van der Waals surface area contributed by atoms with Crippen LogP contribution >= 0.6 is 0 Å². The highest BCUT2D eigenvalue weighted by atomic mass is 16.5. The van der Waals surface area contributed by atoms with Crippen LogP contribution in [0.2, 0.25) is 0 Å². The van der Waals surface area contributed by atoms with Crippen molar-refractivity contribution >= 4 is 0 Å². The van der Waals surface area contributed by atoms with Gasteiger partial charge in [-0.25, -0.2) is 0 Å². The standard InChI is InChI=1S/C14H24N2O2/c1-11(2)10-17-7-8-18-14-6-5-12(3)16-13(14)9-15-4/h5-6,11,15H,7-10H2,1-4H3. The third-order valence-corrected chi connectivity index (χ3v) is 2.35. The SMILES string of the molecule is CNCc1nc(C)ccc1OCCOCC(C)C. The fraction of sp³-hybridized carbons (Fsp3) is 0.643. The van der Waals surface area contributed by atoms with E-state index in [1.54, 1.807) is 0 Å². The zero-order valence-electron chi connectivity index (χ0n) is 11.8. The summed E-state index contributed by atoms with van der Waals surface area (Å²) in [5, 5.41) is 3.09. The maximum atomic E-state index is 5.70. The number of rotatable bonds is 8. The van der Waals surface area contributed by atoms with E-state index in [-0.39, 0.29) is 0 Å². The van der Waals surface area contributed by atoms with E-state index in [0.717, 1.165) is 23.7 Å². The number of nitrogens with one attached hydrogen (secondary N) is 1. The summed E-state index contributed by atoms with van der Waals surface area (Å²) in [5.41, 5.74) is 1.95. The Morgan fingerprint density at radius 1 is 1.28 bits per heavy atom. The lowest BCUT2D eigenvalue weighted by molar-refractivity contribution is 0.0814. The smallest absolute Gasteiger partial charge is 0.142 e. The molecule has 0 aliphatic rings. The van der Waals surface area contributed by atoms with Gasteiger partial charge in [-0.05, 0) is 32.0 Å². The van der Waals surface area contributed by atoms with Crippen molar-refractivity contribution in [3.05, 3.63) is 23.5 Å². The molecule has 1 aromatic rings. The average molecular weight is 252 g/mol. The Kier molecular flexibility index (Phi) is 6.68. The molecule has 1 aromatic heterocycles. The zero-order chi connectivity index (χ0) is 13.4. The maximum Gasteiger partial charge on any atom is 0.142 e. The quantitative estimate of drug-likeness (QED) is 0.720. The lowest BCUT2D eigenvalue weighted by atomic mass is 10.2. The van der Waals surface area contributed by atoms with Gasteiger partial charge in [-0.15, -0.1) is 0 Å². The second-order valence-electron chi connectivity index (χ2n) is 4.75. The van der Waals surface area contributed by atoms with Crippen LogP contribution in [0.5, 0.6) is 5.75 Å². The van der Waals surface area contributed by atoms with E-state index in [1.165, 1.54) is 0 Å². The largest absolute Gasteiger partial charge is 0.489 e. The predicted molar refractivity (Wildman–Crippen MR) is 72.9 cm³/mol. The van der Waals surface area contributed by atoms with Gasteiger partial charge in [-0.1, -0.05) is 13.8 Å². The summed E-state index contributed by atoms with van der Waals surface area (Å²) in [4.78, 5) is 4.46. The monoisotopic (exact) mass is 252 g/mol. The van der Waals surface area contributed by atoms with Gasteiger partial charge >= 0.3 is 0 Å². The number of ether oxygens (including phenoxy) is 2. The van der Waals surface area contributed by atoms with E-state index in [1.807, 2.05) is 26.1 Å². The predicted octanol–water partition coefficient (Wildman–Crippen LogP) is 2.16. The van der Waals surface area contributed by atoms with Crippen molar-refractivity contribution in [1.29, 1.82) is 0 Å². The Morgan fingerprint density at radius 3 is 2.72 bits per heavy atom. The molecule has 0 aliphatic heterocycles. The summed E-state index contributed by atoms with van der Waals surface area (Å²) in [5.74, 6) is 1.40. The van der Waals surface area contributed by atoms with Crippen LogP contribution in [0.3, 0.4) is 0 Å². The van der Waals surface area contributed by atoms with Crippen LogP contribution in [-0.2, 0) is 11.3 Å². The third kappa shape index (κ3) is 5.47. The number of aryl methyl sites for hydroxylation is 1. The van der Waals surface area contributed by atoms with Gasteiger partial charge in [0.1, 0.15) is 12.4 Å². The Balaban J connectivity index is 2.41. The Hall–Kier alpha value is -1.13. The summed E-state index contributed by atoms with van der Waals surface area (Å²) in [6.07, 6.45) is 0. The normalized spacial score (nSPS) is 10.9. The highest BCUT2D eigenvalue weighted by Crippen LogP contribution is 2.16. The molecule has 0 bridgehead atoms. The van der Waals surface area contributed by atoms with Gasteiger partial charge in [0.2, 0.25) is 0 Å². The van der Waals surface area contributed by atoms with E-state index in [2.05, 4.69) is 24.1 Å². The lowest BCUT2D eigenvalue weighted by Crippen LogP contribution is -2.13. The Bertz CT molecular complexity index is 354. The number of pyridine rings is 1. The number of hydrogen-bond acceptors (Lipinski definition) is 4. The molecule has 0 aliphatic carbocycles. The number of nitrogens with zero attached hydrogens (tertiary/aromatic N) is 1. The second-order valence-corrected chi connectivity index (χ2v) is 4.75. The summed E-state index contributed by atoms with van der Waals surface area (Å²) in [6.45, 7) is 8.92. The van der Waals surface area contributed by atoms with E-state index < -0.39 is 0 Å². The third-order valence-electron chi connectivity index (χ3n) is 2.35. The molecule has 1 heterocycles. The maximum absolute atomic E-state index is 5.70. The van der Waals surface area contributed by atoms with E-state index in [9.17, 15) is 0 Å². The molecule has 4 heteroatoms. The minimum Gasteiger partial charge on any atom is -0.489 e. The molecule has 0 unspecified atom stereocenters. The molecule has 0 saturated heterocycles. The fourth-order valence-corrected chi connectivity index (χ4v) is 1.55. The highest BCUT2D eigenvalue weighted by molar-refractivity contribution is 5.29. The molecule has 0 spiro atoms. The molecule has 0 fully saturated rings. The Morgan fingerprint density at radius 2 is 2.06 bits per heavy atom. The number of hydrogen-bond donors (Lipinski definition) is 1. The van der Waals surface area contributed by atoms with Crippen LogP contribution in [0.25, 0.3) is 0 Å². The molecule has 102 valence electrons. The first kappa shape index (κ1) is 14.9. The second kappa shape index (κ2) is 8.06. The summed E-state index contributed by atoms with van der Waals surface area (Å²) in [6, 6.07) is 3.93. The Labute approximate surface area is 110 Å². The van der Waals surface area contributed by atoms with Crippen molar-refractivity contribution in [3.8, 4) is 5.75 Å². The molecule has 0 amide bonds. The molecule has 4 nitrogen and oxygen atoms in total. The van der Waals surface area contributed by atoms with E-state index >= 15 is 0 Å². The molecule has 0 aromatic carbocycles. The van der Waals surface area contributed by atoms with Gasteiger partial charge in [-0.2, -0.15) is 0 Å². The topological polar surface area (TPSA) is 43.4 Å². The van der Waals surface area contributed by atoms with Crippen LogP contribution in [-0.4, -0.2) is 31.9 Å². The van der Waals surface area contributed by atoms with Crippen LogP contribution in [0, 0.1) is 12.8 Å². The van der Waals surface area contributed by atoms with Crippen molar-refractivity contribution in [2.45, 2.75) is 27.3 Å². The summed E-state index contributed by atoms with van der Waals surface area (Å²) < 4.78 is 11.2.